The van der Waals surface area contributed by atoms with Gasteiger partial charge in [0.2, 0.25) is 0 Å². The molecule has 0 unspecified atom stereocenters. The number of hydrogen-bond acceptors (Lipinski definition) is 3. The highest BCUT2D eigenvalue weighted by molar-refractivity contribution is 5.20. The summed E-state index contributed by atoms with van der Waals surface area (Å²) in [5, 5.41) is 9.51. The molecule has 0 radical (unpaired) electrons. The molecule has 124 valence electrons. The van der Waals surface area contributed by atoms with Crippen molar-refractivity contribution in [1.82, 2.24) is 9.80 Å². The highest BCUT2D eigenvalue weighted by Crippen LogP contribution is 2.26. The van der Waals surface area contributed by atoms with Crippen LogP contribution in [0.25, 0.3) is 0 Å². The van der Waals surface area contributed by atoms with Gasteiger partial charge >= 0.3 is 0 Å². The minimum atomic E-state index is -1.42. The van der Waals surface area contributed by atoms with Crippen molar-refractivity contribution < 1.29 is 18.3 Å². The second-order valence-corrected chi connectivity index (χ2v) is 6.09. The molecule has 0 saturated carbocycles. The van der Waals surface area contributed by atoms with E-state index < -0.39 is 17.5 Å². The Bertz CT molecular complexity index is 512. The number of benzene rings is 1. The average molecular weight is 316 g/mol. The van der Waals surface area contributed by atoms with Crippen molar-refractivity contribution >= 4 is 0 Å². The lowest BCUT2D eigenvalue weighted by atomic mass is 9.96. The standard InChI is InChI=1S/C16H23F3N2O/c1-3-20(2)6-12-8-21(9-13(12)10-22)7-11-4-5-14(17)16(19)15(11)18/h4-5,12-13,22H,3,6-10H2,1-2H3/t12-,13-/m1/s1. The van der Waals surface area contributed by atoms with Gasteiger partial charge in [0.15, 0.2) is 17.5 Å². The van der Waals surface area contributed by atoms with Crippen LogP contribution in [0.5, 0.6) is 0 Å². The number of nitrogens with zero attached hydrogens (tertiary/aromatic N) is 2. The van der Waals surface area contributed by atoms with Crippen LogP contribution < -0.4 is 0 Å². The maximum atomic E-state index is 13.8. The summed E-state index contributed by atoms with van der Waals surface area (Å²) < 4.78 is 40.0. The van der Waals surface area contributed by atoms with E-state index in [1.54, 1.807) is 0 Å². The van der Waals surface area contributed by atoms with E-state index in [9.17, 15) is 18.3 Å². The Labute approximate surface area is 129 Å². The van der Waals surface area contributed by atoms with Crippen LogP contribution in [0.3, 0.4) is 0 Å². The maximum Gasteiger partial charge on any atom is 0.194 e. The molecule has 0 aliphatic carbocycles. The number of halogens is 3. The number of aliphatic hydroxyl groups is 1. The van der Waals surface area contributed by atoms with Crippen LogP contribution in [-0.4, -0.2) is 54.7 Å². The van der Waals surface area contributed by atoms with Crippen molar-refractivity contribution in [2.45, 2.75) is 13.5 Å². The molecule has 1 aliphatic heterocycles. The van der Waals surface area contributed by atoms with Gasteiger partial charge in [0.05, 0.1) is 0 Å². The molecule has 1 saturated heterocycles. The Kier molecular flexibility index (Phi) is 5.83. The smallest absolute Gasteiger partial charge is 0.194 e. The molecule has 2 atom stereocenters. The van der Waals surface area contributed by atoms with Crippen LogP contribution in [0.1, 0.15) is 12.5 Å². The molecular formula is C16H23F3N2O. The Balaban J connectivity index is 2.04. The van der Waals surface area contributed by atoms with E-state index >= 15 is 0 Å². The number of aliphatic hydroxyl groups excluding tert-OH is 1. The molecule has 0 aromatic heterocycles. The summed E-state index contributed by atoms with van der Waals surface area (Å²) in [5.41, 5.74) is 0.153. The van der Waals surface area contributed by atoms with Crippen molar-refractivity contribution in [2.75, 3.05) is 39.8 Å². The minimum absolute atomic E-state index is 0.0823. The highest BCUT2D eigenvalue weighted by Gasteiger charge is 2.33. The van der Waals surface area contributed by atoms with E-state index in [2.05, 4.69) is 11.8 Å². The molecular weight excluding hydrogens is 293 g/mol. The number of likely N-dealkylation sites (tertiary alicyclic amines) is 1. The second-order valence-electron chi connectivity index (χ2n) is 6.09. The van der Waals surface area contributed by atoms with Crippen LogP contribution in [0.15, 0.2) is 12.1 Å². The fraction of sp³-hybridized carbons (Fsp3) is 0.625. The largest absolute Gasteiger partial charge is 0.396 e. The molecule has 0 spiro atoms. The third kappa shape index (κ3) is 3.80. The van der Waals surface area contributed by atoms with Crippen LogP contribution in [0.4, 0.5) is 13.2 Å². The van der Waals surface area contributed by atoms with Gasteiger partial charge in [0, 0.05) is 38.3 Å². The fourth-order valence-corrected chi connectivity index (χ4v) is 3.04. The van der Waals surface area contributed by atoms with Crippen molar-refractivity contribution in [2.24, 2.45) is 11.8 Å². The Hall–Kier alpha value is -1.11. The molecule has 22 heavy (non-hydrogen) atoms. The van der Waals surface area contributed by atoms with E-state index in [0.717, 1.165) is 19.2 Å². The van der Waals surface area contributed by atoms with Crippen LogP contribution in [0, 0.1) is 29.3 Å². The normalized spacial score (nSPS) is 22.7. The summed E-state index contributed by atoms with van der Waals surface area (Å²) in [6.07, 6.45) is 0. The van der Waals surface area contributed by atoms with Gasteiger partial charge in [-0.3, -0.25) is 4.90 Å². The SMILES string of the molecule is CCN(C)C[C@@H]1CN(Cc2ccc(F)c(F)c2F)C[C@@H]1CO. The van der Waals surface area contributed by atoms with E-state index in [4.69, 9.17) is 0 Å². The minimum Gasteiger partial charge on any atom is -0.396 e. The first-order chi connectivity index (χ1) is 10.5. The molecule has 1 aliphatic rings. The molecule has 2 rings (SSSR count). The van der Waals surface area contributed by atoms with Crippen molar-refractivity contribution in [3.05, 3.63) is 35.1 Å². The van der Waals surface area contributed by atoms with E-state index in [-0.39, 0.29) is 24.6 Å². The zero-order chi connectivity index (χ0) is 16.3. The molecule has 0 bridgehead atoms. The quantitative estimate of drug-likeness (QED) is 0.814. The van der Waals surface area contributed by atoms with Crippen molar-refractivity contribution in [3.63, 3.8) is 0 Å². The molecule has 6 heteroatoms. The lowest BCUT2D eigenvalue weighted by Gasteiger charge is -2.22. The monoisotopic (exact) mass is 316 g/mol. The van der Waals surface area contributed by atoms with Gasteiger partial charge in [-0.15, -0.1) is 0 Å². The molecule has 1 N–H and O–H groups in total. The molecule has 0 amide bonds. The van der Waals surface area contributed by atoms with Gasteiger partial charge in [0.25, 0.3) is 0 Å². The molecule has 1 aromatic rings. The lowest BCUT2D eigenvalue weighted by molar-refractivity contribution is 0.177. The van der Waals surface area contributed by atoms with Gasteiger partial charge < -0.3 is 10.0 Å². The van der Waals surface area contributed by atoms with Gasteiger partial charge in [-0.05, 0) is 31.5 Å². The first-order valence-electron chi connectivity index (χ1n) is 7.60. The Morgan fingerprint density at radius 2 is 1.86 bits per heavy atom. The summed E-state index contributed by atoms with van der Waals surface area (Å²) in [4.78, 5) is 4.17. The van der Waals surface area contributed by atoms with E-state index in [0.29, 0.717) is 19.0 Å². The van der Waals surface area contributed by atoms with E-state index in [1.165, 1.54) is 6.07 Å². The van der Waals surface area contributed by atoms with Crippen molar-refractivity contribution in [3.8, 4) is 0 Å². The van der Waals surface area contributed by atoms with Gasteiger partial charge in [-0.25, -0.2) is 13.2 Å². The summed E-state index contributed by atoms with van der Waals surface area (Å²) >= 11 is 0. The fourth-order valence-electron chi connectivity index (χ4n) is 3.04. The molecule has 3 nitrogen and oxygen atoms in total. The zero-order valence-electron chi connectivity index (χ0n) is 13.0. The van der Waals surface area contributed by atoms with Crippen LogP contribution in [0.2, 0.25) is 0 Å². The number of rotatable bonds is 6. The first-order valence-corrected chi connectivity index (χ1v) is 7.60. The third-order valence-corrected chi connectivity index (χ3v) is 4.48. The molecule has 1 heterocycles. The van der Waals surface area contributed by atoms with Crippen LogP contribution >= 0.6 is 0 Å². The average Bonchev–Trinajstić information content (AvgIpc) is 2.89. The van der Waals surface area contributed by atoms with Crippen LogP contribution in [-0.2, 0) is 6.54 Å². The topological polar surface area (TPSA) is 26.7 Å². The van der Waals surface area contributed by atoms with Gasteiger partial charge in [0.1, 0.15) is 0 Å². The molecule has 1 fully saturated rings. The summed E-state index contributed by atoms with van der Waals surface area (Å²) in [6, 6.07) is 2.24. The first kappa shape index (κ1) is 17.2. The third-order valence-electron chi connectivity index (χ3n) is 4.48. The Morgan fingerprint density at radius 1 is 1.18 bits per heavy atom. The zero-order valence-corrected chi connectivity index (χ0v) is 13.0. The van der Waals surface area contributed by atoms with E-state index in [1.807, 2.05) is 11.9 Å². The summed E-state index contributed by atoms with van der Waals surface area (Å²) in [6.45, 7) is 5.51. The maximum absolute atomic E-state index is 13.8. The predicted octanol–water partition coefficient (Wildman–Crippen LogP) is 2.10. The Morgan fingerprint density at radius 3 is 2.50 bits per heavy atom. The van der Waals surface area contributed by atoms with Gasteiger partial charge in [-0.2, -0.15) is 0 Å². The summed E-state index contributed by atoms with van der Waals surface area (Å²) in [5.74, 6) is -3.28. The predicted molar refractivity (Wildman–Crippen MR) is 78.8 cm³/mol. The van der Waals surface area contributed by atoms with Crippen molar-refractivity contribution in [1.29, 1.82) is 0 Å². The second kappa shape index (κ2) is 7.44. The molecule has 1 aromatic carbocycles. The lowest BCUT2D eigenvalue weighted by Crippen LogP contribution is -2.31. The summed E-state index contributed by atoms with van der Waals surface area (Å²) in [7, 11) is 2.02. The highest BCUT2D eigenvalue weighted by atomic mass is 19.2. The number of hydrogen-bond donors (Lipinski definition) is 1. The van der Waals surface area contributed by atoms with Gasteiger partial charge in [-0.1, -0.05) is 13.0 Å².